The third kappa shape index (κ3) is 2.30. The SMILES string of the molecule is CCCCCC1CC(C)N1. The Morgan fingerprint density at radius 3 is 2.60 bits per heavy atom. The maximum absolute atomic E-state index is 3.50. The van der Waals surface area contributed by atoms with E-state index in [9.17, 15) is 0 Å². The Hall–Kier alpha value is -0.0400. The van der Waals surface area contributed by atoms with E-state index >= 15 is 0 Å². The van der Waals surface area contributed by atoms with E-state index in [-0.39, 0.29) is 0 Å². The lowest BCUT2D eigenvalue weighted by molar-refractivity contribution is 0.262. The molecule has 10 heavy (non-hydrogen) atoms. The van der Waals surface area contributed by atoms with Gasteiger partial charge in [-0.05, 0) is 19.8 Å². The highest BCUT2D eigenvalue weighted by Crippen LogP contribution is 2.16. The second kappa shape index (κ2) is 3.97. The molecule has 0 aliphatic carbocycles. The molecule has 1 nitrogen and oxygen atoms in total. The van der Waals surface area contributed by atoms with Gasteiger partial charge in [0.05, 0.1) is 0 Å². The standard InChI is InChI=1S/C9H19N/c1-3-4-5-6-9-7-8(2)10-9/h8-10H,3-7H2,1-2H3. The number of rotatable bonds is 4. The molecule has 1 aliphatic rings. The van der Waals surface area contributed by atoms with E-state index in [4.69, 9.17) is 0 Å². The largest absolute Gasteiger partial charge is 0.311 e. The molecular weight excluding hydrogens is 122 g/mol. The van der Waals surface area contributed by atoms with Crippen LogP contribution in [0.3, 0.4) is 0 Å². The van der Waals surface area contributed by atoms with Crippen LogP contribution in [-0.4, -0.2) is 12.1 Å². The molecule has 0 bridgehead atoms. The minimum atomic E-state index is 0.798. The topological polar surface area (TPSA) is 12.0 Å². The molecule has 1 heterocycles. The van der Waals surface area contributed by atoms with Crippen LogP contribution in [-0.2, 0) is 0 Å². The Balaban J connectivity index is 1.86. The third-order valence-electron chi connectivity index (χ3n) is 2.31. The van der Waals surface area contributed by atoms with Crippen LogP contribution >= 0.6 is 0 Å². The first-order valence-corrected chi connectivity index (χ1v) is 4.59. The van der Waals surface area contributed by atoms with Crippen molar-refractivity contribution in [1.82, 2.24) is 5.32 Å². The maximum Gasteiger partial charge on any atom is 0.00842 e. The monoisotopic (exact) mass is 141 g/mol. The molecule has 1 heteroatoms. The summed E-state index contributed by atoms with van der Waals surface area (Å²) in [6, 6.07) is 1.66. The van der Waals surface area contributed by atoms with Crippen LogP contribution in [0.1, 0.15) is 46.0 Å². The zero-order chi connectivity index (χ0) is 7.40. The zero-order valence-electron chi connectivity index (χ0n) is 7.19. The van der Waals surface area contributed by atoms with Crippen molar-refractivity contribution in [3.63, 3.8) is 0 Å². The van der Waals surface area contributed by atoms with Crippen LogP contribution in [0.25, 0.3) is 0 Å². The molecule has 0 aromatic rings. The van der Waals surface area contributed by atoms with Gasteiger partial charge in [0.1, 0.15) is 0 Å². The number of nitrogens with one attached hydrogen (secondary N) is 1. The smallest absolute Gasteiger partial charge is 0.00842 e. The summed E-state index contributed by atoms with van der Waals surface area (Å²) in [6.45, 7) is 4.52. The summed E-state index contributed by atoms with van der Waals surface area (Å²) in [7, 11) is 0. The van der Waals surface area contributed by atoms with Crippen molar-refractivity contribution in [2.75, 3.05) is 0 Å². The molecular formula is C9H19N. The number of hydrogen-bond acceptors (Lipinski definition) is 1. The molecule has 2 atom stereocenters. The molecule has 0 amide bonds. The van der Waals surface area contributed by atoms with Crippen LogP contribution < -0.4 is 5.32 Å². The molecule has 0 aromatic heterocycles. The van der Waals surface area contributed by atoms with E-state index < -0.39 is 0 Å². The molecule has 0 saturated carbocycles. The lowest BCUT2D eigenvalue weighted by atomic mass is 9.94. The summed E-state index contributed by atoms with van der Waals surface area (Å²) >= 11 is 0. The summed E-state index contributed by atoms with van der Waals surface area (Å²) in [4.78, 5) is 0. The molecule has 0 spiro atoms. The predicted octanol–water partition coefficient (Wildman–Crippen LogP) is 2.32. The van der Waals surface area contributed by atoms with Crippen LogP contribution in [0.5, 0.6) is 0 Å². The van der Waals surface area contributed by atoms with Crippen molar-refractivity contribution in [2.45, 2.75) is 58.0 Å². The van der Waals surface area contributed by atoms with Gasteiger partial charge in [0, 0.05) is 12.1 Å². The highest BCUT2D eigenvalue weighted by Gasteiger charge is 2.22. The van der Waals surface area contributed by atoms with Gasteiger partial charge in [0.2, 0.25) is 0 Å². The van der Waals surface area contributed by atoms with Crippen molar-refractivity contribution in [3.05, 3.63) is 0 Å². The van der Waals surface area contributed by atoms with Gasteiger partial charge in [-0.25, -0.2) is 0 Å². The highest BCUT2D eigenvalue weighted by atomic mass is 15.0. The average Bonchev–Trinajstić information content (AvgIpc) is 1.85. The van der Waals surface area contributed by atoms with Gasteiger partial charge < -0.3 is 5.32 Å². The van der Waals surface area contributed by atoms with Crippen molar-refractivity contribution in [1.29, 1.82) is 0 Å². The fourth-order valence-electron chi connectivity index (χ4n) is 1.65. The van der Waals surface area contributed by atoms with Crippen LogP contribution in [0, 0.1) is 0 Å². The molecule has 0 aromatic carbocycles. The fourth-order valence-corrected chi connectivity index (χ4v) is 1.65. The van der Waals surface area contributed by atoms with Crippen molar-refractivity contribution in [2.24, 2.45) is 0 Å². The molecule has 1 rings (SSSR count). The lowest BCUT2D eigenvalue weighted by Crippen LogP contribution is -2.50. The minimum absolute atomic E-state index is 0.798. The van der Waals surface area contributed by atoms with E-state index in [0.29, 0.717) is 0 Å². The first kappa shape index (κ1) is 8.06. The summed E-state index contributed by atoms with van der Waals surface area (Å²) in [5.74, 6) is 0. The minimum Gasteiger partial charge on any atom is -0.311 e. The van der Waals surface area contributed by atoms with Gasteiger partial charge in [0.15, 0.2) is 0 Å². The third-order valence-corrected chi connectivity index (χ3v) is 2.31. The van der Waals surface area contributed by atoms with E-state index in [0.717, 1.165) is 12.1 Å². The second-order valence-electron chi connectivity index (χ2n) is 3.50. The summed E-state index contributed by atoms with van der Waals surface area (Å²) in [5.41, 5.74) is 0. The molecule has 1 N–H and O–H groups in total. The molecule has 1 aliphatic heterocycles. The van der Waals surface area contributed by atoms with Gasteiger partial charge in [-0.1, -0.05) is 26.2 Å². The van der Waals surface area contributed by atoms with Crippen LogP contribution in [0.2, 0.25) is 0 Å². The van der Waals surface area contributed by atoms with Crippen molar-refractivity contribution in [3.8, 4) is 0 Å². The van der Waals surface area contributed by atoms with Crippen molar-refractivity contribution < 1.29 is 0 Å². The first-order chi connectivity index (χ1) is 4.83. The second-order valence-corrected chi connectivity index (χ2v) is 3.50. The van der Waals surface area contributed by atoms with Gasteiger partial charge in [-0.3, -0.25) is 0 Å². The maximum atomic E-state index is 3.50. The molecule has 2 unspecified atom stereocenters. The Morgan fingerprint density at radius 2 is 2.10 bits per heavy atom. The summed E-state index contributed by atoms with van der Waals surface area (Å²) in [6.07, 6.45) is 6.98. The number of unbranched alkanes of at least 4 members (excludes halogenated alkanes) is 2. The highest BCUT2D eigenvalue weighted by molar-refractivity contribution is 4.84. The van der Waals surface area contributed by atoms with E-state index in [2.05, 4.69) is 19.2 Å². The molecule has 1 fully saturated rings. The first-order valence-electron chi connectivity index (χ1n) is 4.59. The molecule has 0 radical (unpaired) electrons. The van der Waals surface area contributed by atoms with Gasteiger partial charge in [-0.15, -0.1) is 0 Å². The van der Waals surface area contributed by atoms with E-state index in [1.54, 1.807) is 0 Å². The van der Waals surface area contributed by atoms with E-state index in [1.165, 1.54) is 32.1 Å². The van der Waals surface area contributed by atoms with E-state index in [1.807, 2.05) is 0 Å². The lowest BCUT2D eigenvalue weighted by Gasteiger charge is -2.34. The van der Waals surface area contributed by atoms with Gasteiger partial charge >= 0.3 is 0 Å². The Kier molecular flexibility index (Phi) is 3.20. The summed E-state index contributed by atoms with van der Waals surface area (Å²) < 4.78 is 0. The zero-order valence-corrected chi connectivity index (χ0v) is 7.19. The Morgan fingerprint density at radius 1 is 1.40 bits per heavy atom. The van der Waals surface area contributed by atoms with Gasteiger partial charge in [-0.2, -0.15) is 0 Å². The molecule has 60 valence electrons. The Bertz CT molecular complexity index is 84.7. The van der Waals surface area contributed by atoms with Crippen LogP contribution in [0.4, 0.5) is 0 Å². The van der Waals surface area contributed by atoms with Crippen LogP contribution in [0.15, 0.2) is 0 Å². The quantitative estimate of drug-likeness (QED) is 0.592. The number of hydrogen-bond donors (Lipinski definition) is 1. The predicted molar refractivity (Wildman–Crippen MR) is 45.1 cm³/mol. The normalized spacial score (nSPS) is 31.8. The Labute approximate surface area is 64.2 Å². The average molecular weight is 141 g/mol. The van der Waals surface area contributed by atoms with Gasteiger partial charge in [0.25, 0.3) is 0 Å². The van der Waals surface area contributed by atoms with Crippen molar-refractivity contribution >= 4 is 0 Å². The molecule has 1 saturated heterocycles. The fraction of sp³-hybridized carbons (Fsp3) is 1.00. The summed E-state index contributed by atoms with van der Waals surface area (Å²) in [5, 5.41) is 3.50.